The van der Waals surface area contributed by atoms with Crippen molar-refractivity contribution in [1.82, 2.24) is 9.29 Å². The largest absolute Gasteiger partial charge is 0.420 e. The summed E-state index contributed by atoms with van der Waals surface area (Å²) in [6.07, 6.45) is 3.42. The number of oxazole rings is 1. The van der Waals surface area contributed by atoms with Gasteiger partial charge in [0.25, 0.3) is 0 Å². The molecule has 2 aromatic carbocycles. The number of rotatable bonds is 5. The highest BCUT2D eigenvalue weighted by Crippen LogP contribution is 2.26. The first-order chi connectivity index (χ1) is 15.0. The summed E-state index contributed by atoms with van der Waals surface area (Å²) < 4.78 is 32.9. The van der Waals surface area contributed by atoms with Gasteiger partial charge in [0.2, 0.25) is 27.5 Å². The van der Waals surface area contributed by atoms with E-state index in [0.29, 0.717) is 24.0 Å². The smallest absolute Gasteiger partial charge is 0.243 e. The molecule has 0 aliphatic carbocycles. The predicted molar refractivity (Wildman–Crippen MR) is 119 cm³/mol. The summed E-state index contributed by atoms with van der Waals surface area (Å²) in [6, 6.07) is 17.8. The zero-order valence-electron chi connectivity index (χ0n) is 16.5. The highest BCUT2D eigenvalue weighted by atomic mass is 35.5. The van der Waals surface area contributed by atoms with Crippen molar-refractivity contribution < 1.29 is 12.8 Å². The molecule has 0 unspecified atom stereocenters. The van der Waals surface area contributed by atoms with E-state index in [2.05, 4.69) is 11.1 Å². The lowest BCUT2D eigenvalue weighted by Crippen LogP contribution is -2.48. The van der Waals surface area contributed by atoms with Gasteiger partial charge in [-0.2, -0.15) is 14.6 Å². The van der Waals surface area contributed by atoms with Crippen LogP contribution in [0.4, 0.5) is 5.88 Å². The quantitative estimate of drug-likeness (QED) is 0.581. The molecule has 1 aliphatic rings. The molecule has 1 aromatic heterocycles. The average molecular weight is 455 g/mol. The third-order valence-corrected chi connectivity index (χ3v) is 7.21. The van der Waals surface area contributed by atoms with E-state index in [1.807, 2.05) is 23.1 Å². The zero-order chi connectivity index (χ0) is 21.8. The van der Waals surface area contributed by atoms with Crippen molar-refractivity contribution in [2.24, 2.45) is 0 Å². The molecule has 2 heterocycles. The Bertz CT molecular complexity index is 1240. The molecule has 7 nitrogen and oxygen atoms in total. The molecule has 9 heteroatoms. The van der Waals surface area contributed by atoms with E-state index in [0.717, 1.165) is 5.56 Å². The number of aromatic nitrogens is 1. The number of hydrogen-bond acceptors (Lipinski definition) is 6. The number of benzene rings is 2. The summed E-state index contributed by atoms with van der Waals surface area (Å²) in [5.74, 6) is 0.629. The molecule has 3 aromatic rings. The molecule has 0 bridgehead atoms. The molecule has 158 valence electrons. The monoisotopic (exact) mass is 454 g/mol. The minimum atomic E-state index is -3.55. The highest BCUT2D eigenvalue weighted by molar-refractivity contribution is 7.89. The molecule has 0 radical (unpaired) electrons. The molecule has 1 fully saturated rings. The number of hydrogen-bond donors (Lipinski definition) is 0. The topological polar surface area (TPSA) is 90.4 Å². The van der Waals surface area contributed by atoms with Gasteiger partial charge in [-0.05, 0) is 29.8 Å². The fraction of sp³-hybridized carbons (Fsp3) is 0.182. The summed E-state index contributed by atoms with van der Waals surface area (Å²) in [4.78, 5) is 6.35. The standard InChI is InChI=1S/C22H19ClN4O3S/c23-19-9-5-4-6-17(19)10-11-21-25-20(16-24)22(30-21)26-12-14-27(15-13-26)31(28,29)18-7-2-1-3-8-18/h1-11H,12-15H2. The lowest BCUT2D eigenvalue weighted by Gasteiger charge is -2.33. The van der Waals surface area contributed by atoms with E-state index in [4.69, 9.17) is 16.0 Å². The molecule has 0 saturated carbocycles. The average Bonchev–Trinajstić information content (AvgIpc) is 3.22. The van der Waals surface area contributed by atoms with Gasteiger partial charge in [0, 0.05) is 37.3 Å². The molecule has 31 heavy (non-hydrogen) atoms. The third-order valence-electron chi connectivity index (χ3n) is 4.95. The van der Waals surface area contributed by atoms with Crippen LogP contribution in [0.2, 0.25) is 5.02 Å². The van der Waals surface area contributed by atoms with Gasteiger partial charge in [-0.15, -0.1) is 0 Å². The van der Waals surface area contributed by atoms with E-state index < -0.39 is 10.0 Å². The molecule has 0 spiro atoms. The second-order valence-corrected chi connectivity index (χ2v) is 9.22. The van der Waals surface area contributed by atoms with Crippen LogP contribution in [-0.2, 0) is 10.0 Å². The third kappa shape index (κ3) is 4.49. The van der Waals surface area contributed by atoms with E-state index >= 15 is 0 Å². The van der Waals surface area contributed by atoms with Gasteiger partial charge in [-0.25, -0.2) is 8.42 Å². The van der Waals surface area contributed by atoms with Crippen LogP contribution in [0.25, 0.3) is 12.2 Å². The van der Waals surface area contributed by atoms with Crippen LogP contribution in [0.15, 0.2) is 63.9 Å². The summed E-state index contributed by atoms with van der Waals surface area (Å²) in [5.41, 5.74) is 0.973. The number of sulfonamides is 1. The Labute approximate surface area is 185 Å². The SMILES string of the molecule is N#Cc1nc(C=Cc2ccccc2Cl)oc1N1CCN(S(=O)(=O)c2ccccc2)CC1. The second kappa shape index (κ2) is 8.94. The molecule has 1 saturated heterocycles. The summed E-state index contributed by atoms with van der Waals surface area (Å²) in [7, 11) is -3.55. The van der Waals surface area contributed by atoms with Crippen LogP contribution in [0.3, 0.4) is 0 Å². The normalized spacial score (nSPS) is 15.3. The van der Waals surface area contributed by atoms with Crippen molar-refractivity contribution in [3.05, 3.63) is 76.8 Å². The minimum absolute atomic E-state index is 0.165. The Morgan fingerprint density at radius 1 is 1.00 bits per heavy atom. The lowest BCUT2D eigenvalue weighted by atomic mass is 10.2. The van der Waals surface area contributed by atoms with Crippen LogP contribution in [0.1, 0.15) is 17.1 Å². The van der Waals surface area contributed by atoms with Crippen molar-refractivity contribution in [2.75, 3.05) is 31.1 Å². The van der Waals surface area contributed by atoms with Gasteiger partial charge in [0.1, 0.15) is 6.07 Å². The summed E-state index contributed by atoms with van der Waals surface area (Å²) >= 11 is 6.15. The van der Waals surface area contributed by atoms with Gasteiger partial charge < -0.3 is 9.32 Å². The molecule has 0 amide bonds. The molecular formula is C22H19ClN4O3S. The molecular weight excluding hydrogens is 436 g/mol. The van der Waals surface area contributed by atoms with Gasteiger partial charge in [-0.3, -0.25) is 0 Å². The van der Waals surface area contributed by atoms with E-state index in [9.17, 15) is 13.7 Å². The van der Waals surface area contributed by atoms with Crippen molar-refractivity contribution in [1.29, 1.82) is 5.26 Å². The minimum Gasteiger partial charge on any atom is -0.420 e. The lowest BCUT2D eigenvalue weighted by molar-refractivity contribution is 0.373. The van der Waals surface area contributed by atoms with E-state index in [1.54, 1.807) is 48.6 Å². The zero-order valence-corrected chi connectivity index (χ0v) is 18.1. The molecule has 1 aliphatic heterocycles. The van der Waals surface area contributed by atoms with Crippen molar-refractivity contribution in [3.8, 4) is 6.07 Å². The van der Waals surface area contributed by atoms with E-state index in [1.165, 1.54) is 4.31 Å². The Kier molecular flexibility index (Phi) is 6.09. The first-order valence-electron chi connectivity index (χ1n) is 9.63. The molecule has 0 N–H and O–H groups in total. The Balaban J connectivity index is 1.49. The number of halogens is 1. The molecule has 4 rings (SSSR count). The fourth-order valence-electron chi connectivity index (χ4n) is 3.33. The van der Waals surface area contributed by atoms with E-state index in [-0.39, 0.29) is 29.6 Å². The number of piperazine rings is 1. The van der Waals surface area contributed by atoms with Gasteiger partial charge in [0.05, 0.1) is 4.90 Å². The van der Waals surface area contributed by atoms with Crippen LogP contribution >= 0.6 is 11.6 Å². The van der Waals surface area contributed by atoms with Crippen LogP contribution in [-0.4, -0.2) is 43.9 Å². The van der Waals surface area contributed by atoms with Crippen LogP contribution < -0.4 is 4.90 Å². The maximum Gasteiger partial charge on any atom is 0.243 e. The van der Waals surface area contributed by atoms with Crippen LogP contribution in [0, 0.1) is 11.3 Å². The summed E-state index contributed by atoms with van der Waals surface area (Å²) in [5, 5.41) is 10.1. The highest BCUT2D eigenvalue weighted by Gasteiger charge is 2.30. The predicted octanol–water partition coefficient (Wildman–Crippen LogP) is 3.88. The van der Waals surface area contributed by atoms with Gasteiger partial charge in [-0.1, -0.05) is 48.0 Å². The van der Waals surface area contributed by atoms with Gasteiger partial charge >= 0.3 is 0 Å². The maximum absolute atomic E-state index is 12.8. The van der Waals surface area contributed by atoms with Crippen molar-refractivity contribution in [3.63, 3.8) is 0 Å². The first kappa shape index (κ1) is 21.1. The first-order valence-corrected chi connectivity index (χ1v) is 11.4. The van der Waals surface area contributed by atoms with Crippen molar-refractivity contribution in [2.45, 2.75) is 4.90 Å². The number of anilines is 1. The van der Waals surface area contributed by atoms with Crippen molar-refractivity contribution >= 4 is 39.7 Å². The number of nitrogens with zero attached hydrogens (tertiary/aromatic N) is 4. The Morgan fingerprint density at radius 3 is 2.35 bits per heavy atom. The van der Waals surface area contributed by atoms with Gasteiger partial charge in [0.15, 0.2) is 0 Å². The second-order valence-electron chi connectivity index (χ2n) is 6.88. The fourth-order valence-corrected chi connectivity index (χ4v) is 4.97. The molecule has 0 atom stereocenters. The Morgan fingerprint density at radius 2 is 1.68 bits per heavy atom. The Hall–Kier alpha value is -3.12. The summed E-state index contributed by atoms with van der Waals surface area (Å²) in [6.45, 7) is 1.36. The number of nitriles is 1. The van der Waals surface area contributed by atoms with Crippen LogP contribution in [0.5, 0.6) is 0 Å². The maximum atomic E-state index is 12.8.